The Kier molecular flexibility index (Phi) is 5.03. The number of hydrogen-bond acceptors (Lipinski definition) is 4. The molecule has 2 atom stereocenters. The van der Waals surface area contributed by atoms with Crippen LogP contribution in [0.15, 0.2) is 28.6 Å². The molecule has 0 spiro atoms. The average Bonchev–Trinajstić information content (AvgIpc) is 2.77. The summed E-state index contributed by atoms with van der Waals surface area (Å²) in [7, 11) is 0. The maximum absolute atomic E-state index is 4.68. The normalized spacial score (nSPS) is 14.8. The molecule has 18 heavy (non-hydrogen) atoms. The summed E-state index contributed by atoms with van der Waals surface area (Å²) in [5, 5.41) is 4.09. The summed E-state index contributed by atoms with van der Waals surface area (Å²) in [5.41, 5.74) is 1.12. The van der Waals surface area contributed by atoms with E-state index in [0.717, 1.165) is 18.5 Å². The van der Waals surface area contributed by atoms with E-state index in [0.29, 0.717) is 11.3 Å². The number of nitrogens with one attached hydrogen (secondary N) is 1. The van der Waals surface area contributed by atoms with Gasteiger partial charge in [-0.15, -0.1) is 11.3 Å². The van der Waals surface area contributed by atoms with Crippen molar-refractivity contribution < 1.29 is 0 Å². The second-order valence-corrected chi connectivity index (χ2v) is 7.00. The highest BCUT2D eigenvalue weighted by molar-refractivity contribution is 8.01. The van der Waals surface area contributed by atoms with Crippen LogP contribution in [0.3, 0.4) is 0 Å². The van der Waals surface area contributed by atoms with Crippen molar-refractivity contribution in [3.63, 3.8) is 0 Å². The van der Waals surface area contributed by atoms with Crippen LogP contribution >= 0.6 is 23.1 Å². The molecule has 0 amide bonds. The summed E-state index contributed by atoms with van der Waals surface area (Å²) in [4.78, 5) is 4.68. The number of benzene rings is 1. The molecule has 1 aromatic heterocycles. The minimum atomic E-state index is 0.551. The number of para-hydroxylation sites is 1. The monoisotopic (exact) mass is 280 g/mol. The van der Waals surface area contributed by atoms with Crippen molar-refractivity contribution in [2.75, 3.05) is 6.54 Å². The second kappa shape index (κ2) is 6.55. The van der Waals surface area contributed by atoms with Gasteiger partial charge in [-0.3, -0.25) is 0 Å². The molecule has 0 aliphatic heterocycles. The smallest absolute Gasteiger partial charge is 0.151 e. The van der Waals surface area contributed by atoms with Gasteiger partial charge >= 0.3 is 0 Å². The molecule has 0 saturated heterocycles. The first-order valence-corrected chi connectivity index (χ1v) is 8.19. The molecule has 0 fully saturated rings. The van der Waals surface area contributed by atoms with E-state index in [1.807, 2.05) is 17.8 Å². The van der Waals surface area contributed by atoms with Gasteiger partial charge in [0.2, 0.25) is 0 Å². The van der Waals surface area contributed by atoms with Crippen LogP contribution in [-0.4, -0.2) is 22.8 Å². The van der Waals surface area contributed by atoms with Crippen LogP contribution in [0.2, 0.25) is 0 Å². The highest BCUT2D eigenvalue weighted by Gasteiger charge is 2.17. The van der Waals surface area contributed by atoms with Crippen LogP contribution in [0, 0.1) is 0 Å². The van der Waals surface area contributed by atoms with E-state index in [4.69, 9.17) is 0 Å². The fourth-order valence-corrected chi connectivity index (χ4v) is 4.58. The predicted octanol–water partition coefficient (Wildman–Crippen LogP) is 4.17. The lowest BCUT2D eigenvalue weighted by atomic mass is 10.2. The lowest BCUT2D eigenvalue weighted by Crippen LogP contribution is -2.35. The Morgan fingerprint density at radius 2 is 2.11 bits per heavy atom. The van der Waals surface area contributed by atoms with E-state index in [-0.39, 0.29) is 0 Å². The Balaban J connectivity index is 2.08. The van der Waals surface area contributed by atoms with Crippen LogP contribution in [0.25, 0.3) is 10.2 Å². The van der Waals surface area contributed by atoms with Crippen LogP contribution in [0.1, 0.15) is 27.2 Å². The molecule has 0 saturated carbocycles. The largest absolute Gasteiger partial charge is 0.313 e. The molecule has 1 aromatic carbocycles. The van der Waals surface area contributed by atoms with Crippen molar-refractivity contribution in [1.29, 1.82) is 0 Å². The fraction of sp³-hybridized carbons (Fsp3) is 0.500. The van der Waals surface area contributed by atoms with E-state index < -0.39 is 0 Å². The van der Waals surface area contributed by atoms with Gasteiger partial charge in [-0.1, -0.05) is 44.7 Å². The topological polar surface area (TPSA) is 24.9 Å². The predicted molar refractivity (Wildman–Crippen MR) is 82.7 cm³/mol. The first kappa shape index (κ1) is 13.8. The van der Waals surface area contributed by atoms with Gasteiger partial charge in [-0.25, -0.2) is 4.98 Å². The Hall–Kier alpha value is -0.580. The number of thioether (sulfide) groups is 1. The highest BCUT2D eigenvalue weighted by Crippen LogP contribution is 2.33. The maximum atomic E-state index is 4.68. The molecular weight excluding hydrogens is 260 g/mol. The van der Waals surface area contributed by atoms with Gasteiger partial charge < -0.3 is 5.32 Å². The molecule has 98 valence electrons. The van der Waals surface area contributed by atoms with Gasteiger partial charge in [-0.2, -0.15) is 0 Å². The van der Waals surface area contributed by atoms with Gasteiger partial charge in [0, 0.05) is 11.3 Å². The first-order chi connectivity index (χ1) is 8.74. The molecule has 0 aliphatic rings. The third kappa shape index (κ3) is 3.25. The van der Waals surface area contributed by atoms with E-state index in [1.54, 1.807) is 11.3 Å². The SMILES string of the molecule is CCNC(CC)C(C)Sc1nc2ccccc2s1. The number of hydrogen-bond donors (Lipinski definition) is 1. The molecule has 4 heteroatoms. The van der Waals surface area contributed by atoms with Crippen molar-refractivity contribution in [1.82, 2.24) is 10.3 Å². The average molecular weight is 280 g/mol. The lowest BCUT2D eigenvalue weighted by Gasteiger charge is -2.21. The Morgan fingerprint density at radius 1 is 1.33 bits per heavy atom. The number of fused-ring (bicyclic) bond motifs is 1. The summed E-state index contributed by atoms with van der Waals surface area (Å²) in [5.74, 6) is 0. The Morgan fingerprint density at radius 3 is 2.78 bits per heavy atom. The summed E-state index contributed by atoms with van der Waals surface area (Å²) in [6.45, 7) is 7.72. The third-order valence-corrected chi connectivity index (χ3v) is 5.40. The number of rotatable bonds is 6. The number of aromatic nitrogens is 1. The van der Waals surface area contributed by atoms with Crippen molar-refractivity contribution >= 4 is 33.3 Å². The molecule has 2 aromatic rings. The van der Waals surface area contributed by atoms with Crippen molar-refractivity contribution in [2.24, 2.45) is 0 Å². The maximum Gasteiger partial charge on any atom is 0.151 e. The summed E-state index contributed by atoms with van der Waals surface area (Å²) in [6.07, 6.45) is 1.16. The summed E-state index contributed by atoms with van der Waals surface area (Å²) < 4.78 is 2.46. The van der Waals surface area contributed by atoms with Crippen LogP contribution in [-0.2, 0) is 0 Å². The minimum Gasteiger partial charge on any atom is -0.313 e. The minimum absolute atomic E-state index is 0.551. The van der Waals surface area contributed by atoms with Crippen LogP contribution in [0.4, 0.5) is 0 Å². The standard InChI is InChI=1S/C14H20N2S2/c1-4-11(15-5-2)10(3)17-14-16-12-8-6-7-9-13(12)18-14/h6-11,15H,4-5H2,1-3H3. The zero-order valence-electron chi connectivity index (χ0n) is 11.1. The molecule has 2 unspecified atom stereocenters. The van der Waals surface area contributed by atoms with E-state index in [9.17, 15) is 0 Å². The first-order valence-electron chi connectivity index (χ1n) is 6.50. The third-order valence-electron chi connectivity index (χ3n) is 3.03. The van der Waals surface area contributed by atoms with Crippen molar-refractivity contribution in [2.45, 2.75) is 42.8 Å². The molecule has 2 rings (SSSR count). The van der Waals surface area contributed by atoms with Crippen LogP contribution in [0.5, 0.6) is 0 Å². The quantitative estimate of drug-likeness (QED) is 0.804. The second-order valence-electron chi connectivity index (χ2n) is 4.34. The zero-order valence-corrected chi connectivity index (χ0v) is 12.8. The molecule has 0 aliphatic carbocycles. The zero-order chi connectivity index (χ0) is 13.0. The van der Waals surface area contributed by atoms with Crippen LogP contribution < -0.4 is 5.32 Å². The highest BCUT2D eigenvalue weighted by atomic mass is 32.2. The summed E-state index contributed by atoms with van der Waals surface area (Å²) in [6, 6.07) is 8.91. The lowest BCUT2D eigenvalue weighted by molar-refractivity contribution is 0.509. The number of nitrogens with zero attached hydrogens (tertiary/aromatic N) is 1. The molecule has 1 heterocycles. The molecule has 1 N–H and O–H groups in total. The molecule has 0 bridgehead atoms. The van der Waals surface area contributed by atoms with Gasteiger partial charge in [0.1, 0.15) is 0 Å². The summed E-state index contributed by atoms with van der Waals surface area (Å²) >= 11 is 3.68. The molecule has 0 radical (unpaired) electrons. The van der Waals surface area contributed by atoms with Gasteiger partial charge in [0.25, 0.3) is 0 Å². The molecular formula is C14H20N2S2. The Bertz CT molecular complexity index is 462. The number of thiazole rings is 1. The van der Waals surface area contributed by atoms with E-state index in [2.05, 4.69) is 49.3 Å². The van der Waals surface area contributed by atoms with Crippen molar-refractivity contribution in [3.05, 3.63) is 24.3 Å². The van der Waals surface area contributed by atoms with E-state index >= 15 is 0 Å². The van der Waals surface area contributed by atoms with Gasteiger partial charge in [0.15, 0.2) is 4.34 Å². The van der Waals surface area contributed by atoms with E-state index in [1.165, 1.54) is 9.04 Å². The van der Waals surface area contributed by atoms with Gasteiger partial charge in [-0.05, 0) is 25.1 Å². The molecule has 2 nitrogen and oxygen atoms in total. The fourth-order valence-electron chi connectivity index (χ4n) is 2.05. The van der Waals surface area contributed by atoms with Gasteiger partial charge in [0.05, 0.1) is 10.2 Å². The Labute approximate surface area is 117 Å². The van der Waals surface area contributed by atoms with Crippen molar-refractivity contribution in [3.8, 4) is 0 Å².